The molecule has 6 unspecified atom stereocenters. The van der Waals surface area contributed by atoms with Gasteiger partial charge in [0.2, 0.25) is 0 Å². The topological polar surface area (TPSA) is 78.9 Å². The molecule has 0 saturated carbocycles. The maximum absolute atomic E-state index is 11.6. The van der Waals surface area contributed by atoms with Crippen molar-refractivity contribution in [2.24, 2.45) is 0 Å². The number of aryl methyl sites for hydroxylation is 4. The second-order valence-electron chi connectivity index (χ2n) is 25.5. The van der Waals surface area contributed by atoms with E-state index >= 15 is 0 Å². The van der Waals surface area contributed by atoms with Crippen LogP contribution in [-0.4, -0.2) is 57.1 Å². The molecule has 0 amide bonds. The van der Waals surface area contributed by atoms with Gasteiger partial charge in [-0.15, -0.1) is 0 Å². The third kappa shape index (κ3) is 11.0. The molecule has 8 aromatic carbocycles. The van der Waals surface area contributed by atoms with Crippen LogP contribution < -0.4 is 9.47 Å². The summed E-state index contributed by atoms with van der Waals surface area (Å²) in [5.41, 5.74) is 19.5. The van der Waals surface area contributed by atoms with Gasteiger partial charge in [0.15, 0.2) is 0 Å². The summed E-state index contributed by atoms with van der Waals surface area (Å²) in [6, 6.07) is 68.3. The van der Waals surface area contributed by atoms with E-state index in [1.54, 1.807) is 0 Å². The van der Waals surface area contributed by atoms with Crippen molar-refractivity contribution in [3.8, 4) is 11.5 Å². The first-order valence-corrected chi connectivity index (χ1v) is 31.2. The zero-order valence-electron chi connectivity index (χ0n) is 49.8. The number of rotatable bonds is 21. The van der Waals surface area contributed by atoms with Crippen LogP contribution in [0.15, 0.2) is 182 Å². The zero-order valence-corrected chi connectivity index (χ0v) is 49.8. The molecule has 1 saturated heterocycles. The Morgan fingerprint density at radius 2 is 0.905 bits per heavy atom. The normalized spacial score (nSPS) is 21.9. The monoisotopic (exact) mass is 1120 g/mol. The number of ether oxygens (including phenoxy) is 6. The van der Waals surface area contributed by atoms with Crippen LogP contribution in [0.2, 0.25) is 0 Å². The SMILES string of the molecule is CCOCOC(C)(C)c1ccc(C2(c3ccc(OCC(O)COC(C)(C)c4ccc(C5(c6ccc(OCC7CO7)cc6)CC(c6ccccc6)c6cc7c(cc65)CCCC7)cc4)cc3)CC(c3ccccc3)c3cc4c(cc32)CCCC4)cc1. The maximum atomic E-state index is 11.6. The summed E-state index contributed by atoms with van der Waals surface area (Å²) in [6.07, 6.45) is 10.6. The van der Waals surface area contributed by atoms with E-state index in [2.05, 4.69) is 210 Å². The summed E-state index contributed by atoms with van der Waals surface area (Å²) in [6.45, 7) is 12.8. The lowest BCUT2D eigenvalue weighted by Crippen LogP contribution is -2.31. The minimum absolute atomic E-state index is 0.0968. The molecule has 4 aliphatic carbocycles. The summed E-state index contributed by atoms with van der Waals surface area (Å²) < 4.78 is 36.5. The molecule has 0 radical (unpaired) electrons. The van der Waals surface area contributed by atoms with Crippen LogP contribution in [0.3, 0.4) is 0 Å². The Morgan fingerprint density at radius 1 is 0.500 bits per heavy atom. The molecular formula is C77H82O7. The van der Waals surface area contributed by atoms with Crippen molar-refractivity contribution >= 4 is 0 Å². The second-order valence-corrected chi connectivity index (χ2v) is 25.5. The van der Waals surface area contributed by atoms with Crippen molar-refractivity contribution in [2.45, 2.75) is 145 Å². The van der Waals surface area contributed by atoms with Crippen LogP contribution in [0, 0.1) is 0 Å². The fraction of sp³-hybridized carbons (Fsp3) is 0.377. The van der Waals surface area contributed by atoms with E-state index in [-0.39, 0.29) is 37.9 Å². The lowest BCUT2D eigenvalue weighted by molar-refractivity contribution is -0.129. The molecule has 1 fully saturated rings. The largest absolute Gasteiger partial charge is 0.491 e. The number of benzene rings is 8. The molecule has 8 aromatic rings. The summed E-state index contributed by atoms with van der Waals surface area (Å²) in [4.78, 5) is 0. The third-order valence-electron chi connectivity index (χ3n) is 19.6. The highest BCUT2D eigenvalue weighted by Crippen LogP contribution is 2.59. The average molecular weight is 1120 g/mol. The van der Waals surface area contributed by atoms with Gasteiger partial charge in [0.05, 0.1) is 24.4 Å². The van der Waals surface area contributed by atoms with Crippen molar-refractivity contribution in [3.05, 3.63) is 271 Å². The first-order chi connectivity index (χ1) is 40.9. The molecule has 0 spiro atoms. The molecule has 84 heavy (non-hydrogen) atoms. The fourth-order valence-electron chi connectivity index (χ4n) is 14.7. The number of fused-ring (bicyclic) bond motifs is 4. The Morgan fingerprint density at radius 3 is 1.33 bits per heavy atom. The van der Waals surface area contributed by atoms with Gasteiger partial charge in [-0.3, -0.25) is 0 Å². The molecule has 7 nitrogen and oxygen atoms in total. The molecule has 7 heteroatoms. The molecule has 432 valence electrons. The molecule has 1 N–H and O–H groups in total. The third-order valence-corrected chi connectivity index (χ3v) is 19.6. The van der Waals surface area contributed by atoms with Gasteiger partial charge in [-0.25, -0.2) is 0 Å². The summed E-state index contributed by atoms with van der Waals surface area (Å²) in [5, 5.41) is 11.6. The summed E-state index contributed by atoms with van der Waals surface area (Å²) in [7, 11) is 0. The number of aliphatic hydroxyl groups is 1. The zero-order chi connectivity index (χ0) is 57.5. The first-order valence-electron chi connectivity index (χ1n) is 31.2. The van der Waals surface area contributed by atoms with E-state index in [4.69, 9.17) is 28.4 Å². The predicted octanol–water partition coefficient (Wildman–Crippen LogP) is 15.9. The van der Waals surface area contributed by atoms with Gasteiger partial charge in [0.25, 0.3) is 0 Å². The summed E-state index contributed by atoms with van der Waals surface area (Å²) >= 11 is 0. The van der Waals surface area contributed by atoms with Gasteiger partial charge in [-0.1, -0.05) is 158 Å². The van der Waals surface area contributed by atoms with Gasteiger partial charge in [0, 0.05) is 29.3 Å². The van der Waals surface area contributed by atoms with E-state index in [9.17, 15) is 5.11 Å². The molecule has 1 heterocycles. The van der Waals surface area contributed by atoms with Crippen molar-refractivity contribution in [2.75, 3.05) is 39.8 Å². The fourth-order valence-corrected chi connectivity index (χ4v) is 14.7. The second kappa shape index (κ2) is 23.6. The van der Waals surface area contributed by atoms with E-state index in [1.807, 2.05) is 6.92 Å². The standard InChI is InChI=1S/C77H82O7/c1-6-79-51-84-75(4,5)59-27-31-61(32-28-59)77(46-71(53-19-11-8-12-20-53)69-42-55-22-14-16-24-57(55)44-73(69)77)62-33-37-65(38-34-62)80-47-64(78)48-83-74(2,3)58-25-29-60(30-26-58)76(63-35-39-66(40-36-63)81-49-67-50-82-67)45-70(52-17-9-7-10-18-52)68-41-54-21-13-15-23-56(54)43-72(68)76/h7-12,17-20,25-44,64,67,70-71,78H,6,13-16,21-24,45-51H2,1-5H3. The summed E-state index contributed by atoms with van der Waals surface area (Å²) in [5.74, 6) is 2.04. The highest BCUT2D eigenvalue weighted by atomic mass is 16.7. The van der Waals surface area contributed by atoms with Gasteiger partial charge >= 0.3 is 0 Å². The molecule has 0 aromatic heterocycles. The molecule has 1 aliphatic heterocycles. The molecule has 0 bridgehead atoms. The van der Waals surface area contributed by atoms with Crippen molar-refractivity contribution in [1.82, 2.24) is 0 Å². The number of epoxide rings is 1. The lowest BCUT2D eigenvalue weighted by atomic mass is 9.68. The molecule has 13 rings (SSSR count). The minimum Gasteiger partial charge on any atom is -0.491 e. The predicted molar refractivity (Wildman–Crippen MR) is 334 cm³/mol. The van der Waals surface area contributed by atoms with Crippen molar-refractivity contribution in [3.63, 3.8) is 0 Å². The van der Waals surface area contributed by atoms with Gasteiger partial charge in [-0.2, -0.15) is 0 Å². The molecule has 5 aliphatic rings. The van der Waals surface area contributed by atoms with Crippen LogP contribution in [0.4, 0.5) is 0 Å². The highest BCUT2D eigenvalue weighted by molar-refractivity contribution is 5.65. The van der Waals surface area contributed by atoms with Crippen LogP contribution in [0.1, 0.15) is 174 Å². The van der Waals surface area contributed by atoms with E-state index in [1.165, 1.54) is 104 Å². The Balaban J connectivity index is 0.745. The Labute approximate surface area is 498 Å². The van der Waals surface area contributed by atoms with Gasteiger partial charge < -0.3 is 33.5 Å². The minimum atomic E-state index is -0.850. The average Bonchev–Trinajstić information content (AvgIpc) is 2.30. The van der Waals surface area contributed by atoms with Crippen molar-refractivity contribution in [1.29, 1.82) is 0 Å². The number of aliphatic hydroxyl groups excluding tert-OH is 1. The van der Waals surface area contributed by atoms with E-state index < -0.39 is 28.1 Å². The first kappa shape index (κ1) is 56.3. The van der Waals surface area contributed by atoms with E-state index in [0.29, 0.717) is 19.0 Å². The van der Waals surface area contributed by atoms with Gasteiger partial charge in [0.1, 0.15) is 43.7 Å². The number of hydrogen-bond donors (Lipinski definition) is 1. The Bertz CT molecular complexity index is 3550. The quantitative estimate of drug-likeness (QED) is 0.0436. The lowest BCUT2D eigenvalue weighted by Gasteiger charge is -2.35. The molecular weight excluding hydrogens is 1040 g/mol. The van der Waals surface area contributed by atoms with Crippen LogP contribution in [-0.2, 0) is 66.7 Å². The van der Waals surface area contributed by atoms with Gasteiger partial charge in [-0.05, 0) is 212 Å². The van der Waals surface area contributed by atoms with Crippen LogP contribution in [0.5, 0.6) is 11.5 Å². The molecule has 6 atom stereocenters. The van der Waals surface area contributed by atoms with Crippen LogP contribution >= 0.6 is 0 Å². The maximum Gasteiger partial charge on any atom is 0.147 e. The van der Waals surface area contributed by atoms with Crippen LogP contribution in [0.25, 0.3) is 0 Å². The highest BCUT2D eigenvalue weighted by Gasteiger charge is 2.49. The van der Waals surface area contributed by atoms with E-state index in [0.717, 1.165) is 62.0 Å². The Hall–Kier alpha value is -6.84. The Kier molecular flexibility index (Phi) is 15.8. The number of hydrogen-bond acceptors (Lipinski definition) is 7. The smallest absolute Gasteiger partial charge is 0.147 e. The van der Waals surface area contributed by atoms with Crippen molar-refractivity contribution < 1.29 is 33.5 Å².